The summed E-state index contributed by atoms with van der Waals surface area (Å²) in [6.07, 6.45) is 3.97. The maximum Gasteiger partial charge on any atom is 0.0357 e. The summed E-state index contributed by atoms with van der Waals surface area (Å²) in [7, 11) is 0. The highest BCUT2D eigenvalue weighted by molar-refractivity contribution is 5.43. The van der Waals surface area contributed by atoms with Crippen LogP contribution >= 0.6 is 0 Å². The number of hydrogen-bond donors (Lipinski definition) is 1. The molecule has 3 rings (SSSR count). The topological polar surface area (TPSA) is 12.0 Å². The van der Waals surface area contributed by atoms with Gasteiger partial charge in [0, 0.05) is 12.2 Å². The molecular weight excluding hydrogens is 182 g/mol. The highest BCUT2D eigenvalue weighted by Gasteiger charge is 2.62. The van der Waals surface area contributed by atoms with Crippen LogP contribution in [0.2, 0.25) is 0 Å². The standard InChI is InChI=1S/C14H17N/c1-10(7-12-13-8-14(12)13)9-15-11-5-3-2-4-6-11/h2-7,12-15H,8-9H2,1H3/b10-7+. The van der Waals surface area contributed by atoms with Gasteiger partial charge in [-0.25, -0.2) is 0 Å². The Labute approximate surface area is 91.2 Å². The van der Waals surface area contributed by atoms with Gasteiger partial charge in [0.25, 0.3) is 0 Å². The highest BCUT2D eigenvalue weighted by Crippen LogP contribution is 2.68. The van der Waals surface area contributed by atoms with Gasteiger partial charge in [-0.15, -0.1) is 0 Å². The van der Waals surface area contributed by atoms with Crippen molar-refractivity contribution in [3.05, 3.63) is 42.0 Å². The van der Waals surface area contributed by atoms with E-state index in [9.17, 15) is 0 Å². The molecule has 1 aromatic carbocycles. The van der Waals surface area contributed by atoms with E-state index in [0.29, 0.717) is 0 Å². The molecule has 0 radical (unpaired) electrons. The van der Waals surface area contributed by atoms with Crippen molar-refractivity contribution in [1.82, 2.24) is 0 Å². The normalized spacial score (nSPS) is 32.1. The molecule has 0 amide bonds. The zero-order valence-corrected chi connectivity index (χ0v) is 9.11. The van der Waals surface area contributed by atoms with Crippen LogP contribution < -0.4 is 5.32 Å². The number of rotatable bonds is 4. The minimum atomic E-state index is 0.947. The first kappa shape index (κ1) is 9.02. The first-order valence-electron chi connectivity index (χ1n) is 5.81. The second kappa shape index (κ2) is 3.41. The van der Waals surface area contributed by atoms with Gasteiger partial charge in [0.2, 0.25) is 0 Å². The van der Waals surface area contributed by atoms with Crippen LogP contribution in [0.1, 0.15) is 13.3 Å². The molecular formula is C14H17N. The van der Waals surface area contributed by atoms with Crippen molar-refractivity contribution in [2.24, 2.45) is 17.8 Å². The van der Waals surface area contributed by atoms with Crippen LogP contribution in [0.4, 0.5) is 5.69 Å². The Balaban J connectivity index is 1.51. The molecule has 2 atom stereocenters. The van der Waals surface area contributed by atoms with E-state index in [0.717, 1.165) is 24.3 Å². The van der Waals surface area contributed by atoms with Crippen LogP contribution in [0.15, 0.2) is 42.0 Å². The SMILES string of the molecule is C/C(=C\C1C2CC12)CNc1ccccc1. The molecule has 78 valence electrons. The van der Waals surface area contributed by atoms with Crippen LogP contribution in [0, 0.1) is 17.8 Å². The molecule has 2 unspecified atom stereocenters. The van der Waals surface area contributed by atoms with E-state index in [2.05, 4.69) is 42.6 Å². The minimum Gasteiger partial charge on any atom is -0.381 e. The summed E-state index contributed by atoms with van der Waals surface area (Å²) in [5.74, 6) is 3.11. The molecule has 0 aliphatic heterocycles. The molecule has 2 aliphatic carbocycles. The molecule has 0 aromatic heterocycles. The smallest absolute Gasteiger partial charge is 0.0357 e. The monoisotopic (exact) mass is 199 g/mol. The molecule has 1 heteroatoms. The predicted octanol–water partition coefficient (Wildman–Crippen LogP) is 3.31. The molecule has 0 saturated heterocycles. The molecule has 15 heavy (non-hydrogen) atoms. The predicted molar refractivity (Wildman–Crippen MR) is 63.8 cm³/mol. The lowest BCUT2D eigenvalue weighted by Gasteiger charge is -2.07. The van der Waals surface area contributed by atoms with Gasteiger partial charge in [-0.3, -0.25) is 0 Å². The second-order valence-electron chi connectivity index (χ2n) is 4.87. The number of hydrogen-bond acceptors (Lipinski definition) is 1. The van der Waals surface area contributed by atoms with E-state index in [1.165, 1.54) is 17.7 Å². The van der Waals surface area contributed by atoms with E-state index in [1.807, 2.05) is 6.07 Å². The van der Waals surface area contributed by atoms with Crippen molar-refractivity contribution in [3.63, 3.8) is 0 Å². The third-order valence-electron chi connectivity index (χ3n) is 3.56. The summed E-state index contributed by atoms with van der Waals surface area (Å²) >= 11 is 0. The Morgan fingerprint density at radius 3 is 2.67 bits per heavy atom. The van der Waals surface area contributed by atoms with Crippen molar-refractivity contribution in [3.8, 4) is 0 Å². The third kappa shape index (κ3) is 1.92. The number of nitrogens with one attached hydrogen (secondary N) is 1. The number of para-hydroxylation sites is 1. The lowest BCUT2D eigenvalue weighted by Crippen LogP contribution is -2.03. The Kier molecular flexibility index (Phi) is 2.05. The Morgan fingerprint density at radius 1 is 1.33 bits per heavy atom. The average Bonchev–Trinajstić information content (AvgIpc) is 3.15. The number of allylic oxidation sites excluding steroid dienone is 1. The van der Waals surface area contributed by atoms with E-state index in [1.54, 1.807) is 0 Å². The zero-order chi connectivity index (χ0) is 10.3. The highest BCUT2D eigenvalue weighted by atomic mass is 14.9. The van der Waals surface area contributed by atoms with Gasteiger partial charge < -0.3 is 5.32 Å². The van der Waals surface area contributed by atoms with Crippen molar-refractivity contribution in [2.45, 2.75) is 13.3 Å². The van der Waals surface area contributed by atoms with Crippen molar-refractivity contribution >= 4 is 5.69 Å². The molecule has 1 aromatic rings. The molecule has 0 bridgehead atoms. The molecule has 1 N–H and O–H groups in total. The Hall–Kier alpha value is -1.24. The van der Waals surface area contributed by atoms with Crippen LogP contribution in [-0.4, -0.2) is 6.54 Å². The maximum atomic E-state index is 3.44. The fourth-order valence-electron chi connectivity index (χ4n) is 2.26. The van der Waals surface area contributed by atoms with Crippen molar-refractivity contribution in [1.29, 1.82) is 0 Å². The second-order valence-corrected chi connectivity index (χ2v) is 4.87. The van der Waals surface area contributed by atoms with Gasteiger partial charge in [-0.05, 0) is 43.2 Å². The summed E-state index contributed by atoms with van der Waals surface area (Å²) < 4.78 is 0. The lowest BCUT2D eigenvalue weighted by atomic mass is 10.1. The van der Waals surface area contributed by atoms with E-state index in [4.69, 9.17) is 0 Å². The van der Waals surface area contributed by atoms with E-state index < -0.39 is 0 Å². The van der Waals surface area contributed by atoms with Gasteiger partial charge in [0.1, 0.15) is 0 Å². The van der Waals surface area contributed by atoms with Gasteiger partial charge in [-0.2, -0.15) is 0 Å². The van der Waals surface area contributed by atoms with Crippen LogP contribution in [0.5, 0.6) is 0 Å². The molecule has 2 saturated carbocycles. The van der Waals surface area contributed by atoms with Gasteiger partial charge in [0.05, 0.1) is 0 Å². The average molecular weight is 199 g/mol. The first-order valence-corrected chi connectivity index (χ1v) is 5.81. The largest absolute Gasteiger partial charge is 0.381 e. The summed E-state index contributed by atoms with van der Waals surface area (Å²) in [4.78, 5) is 0. The molecule has 2 fully saturated rings. The number of benzene rings is 1. The maximum absolute atomic E-state index is 3.44. The van der Waals surface area contributed by atoms with Gasteiger partial charge >= 0.3 is 0 Å². The Morgan fingerprint density at radius 2 is 2.07 bits per heavy atom. The quantitative estimate of drug-likeness (QED) is 0.733. The molecule has 2 aliphatic rings. The number of anilines is 1. The molecule has 0 heterocycles. The van der Waals surface area contributed by atoms with Crippen LogP contribution in [0.3, 0.4) is 0 Å². The summed E-state index contributed by atoms with van der Waals surface area (Å²) in [6.45, 7) is 3.22. The minimum absolute atomic E-state index is 0.947. The summed E-state index contributed by atoms with van der Waals surface area (Å²) in [5.41, 5.74) is 2.70. The summed E-state index contributed by atoms with van der Waals surface area (Å²) in [6, 6.07) is 10.4. The lowest BCUT2D eigenvalue weighted by molar-refractivity contribution is 0.741. The third-order valence-corrected chi connectivity index (χ3v) is 3.56. The van der Waals surface area contributed by atoms with Crippen molar-refractivity contribution < 1.29 is 0 Å². The van der Waals surface area contributed by atoms with Crippen LogP contribution in [-0.2, 0) is 0 Å². The zero-order valence-electron chi connectivity index (χ0n) is 9.11. The van der Waals surface area contributed by atoms with Gasteiger partial charge in [-0.1, -0.05) is 29.8 Å². The first-order chi connectivity index (χ1) is 7.34. The fourth-order valence-corrected chi connectivity index (χ4v) is 2.26. The van der Waals surface area contributed by atoms with Crippen LogP contribution in [0.25, 0.3) is 0 Å². The summed E-state index contributed by atoms with van der Waals surface area (Å²) in [5, 5.41) is 3.44. The van der Waals surface area contributed by atoms with E-state index in [-0.39, 0.29) is 0 Å². The van der Waals surface area contributed by atoms with Crippen molar-refractivity contribution in [2.75, 3.05) is 11.9 Å². The van der Waals surface area contributed by atoms with Gasteiger partial charge in [0.15, 0.2) is 0 Å². The molecule has 1 nitrogen and oxygen atoms in total. The fraction of sp³-hybridized carbons (Fsp3) is 0.429. The van der Waals surface area contributed by atoms with E-state index >= 15 is 0 Å². The Bertz CT molecular complexity index is 372. The number of fused-ring (bicyclic) bond motifs is 1. The molecule has 0 spiro atoms.